The molecule has 2 rings (SSSR count). The van der Waals surface area contributed by atoms with E-state index in [4.69, 9.17) is 4.74 Å². The van der Waals surface area contributed by atoms with Crippen LogP contribution in [-0.2, 0) is 26.2 Å². The Morgan fingerprint density at radius 3 is 1.73 bits per heavy atom. The second kappa shape index (κ2) is 12.6. The normalized spacial score (nSPS) is 9.23. The van der Waals surface area contributed by atoms with Crippen LogP contribution in [0.15, 0.2) is 42.5 Å². The molecule has 0 aliphatic heterocycles. The van der Waals surface area contributed by atoms with Gasteiger partial charge in [-0.05, 0) is 11.8 Å². The number of benzene rings is 2. The van der Waals surface area contributed by atoms with Crippen LogP contribution in [0.2, 0.25) is 0 Å². The van der Waals surface area contributed by atoms with Crippen molar-refractivity contribution in [1.29, 1.82) is 0 Å². The van der Waals surface area contributed by atoms with Gasteiger partial charge in [0.2, 0.25) is 0 Å². The molecule has 117 valence electrons. The number of rotatable bonds is 3. The maximum atomic E-state index is 4.86. The largest absolute Gasteiger partial charge is 3.00 e. The topological polar surface area (TPSA) is 42.7 Å². The van der Waals surface area contributed by atoms with Crippen LogP contribution in [0, 0.1) is 12.1 Å². The molecule has 0 saturated heterocycles. The molecule has 22 heavy (non-hydrogen) atoms. The molecule has 1 radical (unpaired) electrons. The average molecular weight is 376 g/mol. The van der Waals surface area contributed by atoms with Gasteiger partial charge in [0.15, 0.2) is 0 Å². The molecule has 0 fully saturated rings. The molecule has 0 aromatic heterocycles. The minimum absolute atomic E-state index is 0. The Kier molecular flexibility index (Phi) is 13.4. The zero-order chi connectivity index (χ0) is 15.0. The van der Waals surface area contributed by atoms with Crippen molar-refractivity contribution in [3.63, 3.8) is 0 Å². The summed E-state index contributed by atoms with van der Waals surface area (Å²) in [6.07, 6.45) is 0. The van der Waals surface area contributed by atoms with Crippen molar-refractivity contribution < 1.29 is 30.9 Å². The third-order valence-corrected chi connectivity index (χ3v) is 2.98. The number of methoxy groups -OCH3 is 1. The van der Waals surface area contributed by atoms with Gasteiger partial charge < -0.3 is 10.9 Å². The minimum atomic E-state index is 0. The van der Waals surface area contributed by atoms with Crippen LogP contribution < -0.4 is 4.74 Å². The Morgan fingerprint density at radius 1 is 0.864 bits per heavy atom. The van der Waals surface area contributed by atoms with E-state index < -0.39 is 0 Å². The Morgan fingerprint density at radius 2 is 1.41 bits per heavy atom. The summed E-state index contributed by atoms with van der Waals surface area (Å²) in [6.45, 7) is 8.82. The molecule has 0 saturated carbocycles. The van der Waals surface area contributed by atoms with E-state index in [0.717, 1.165) is 5.75 Å². The Hall–Kier alpha value is -0.917. The summed E-state index contributed by atoms with van der Waals surface area (Å²) in [6, 6.07) is 20.3. The zero-order valence-corrected chi connectivity index (χ0v) is 16.6. The molecule has 2 aromatic rings. The number of ether oxygens (including phenoxy) is 1. The maximum Gasteiger partial charge on any atom is 3.00 e. The monoisotopic (exact) mass is 374 g/mol. The summed E-state index contributed by atoms with van der Waals surface area (Å²) in [7, 11) is 1.63. The van der Waals surface area contributed by atoms with Gasteiger partial charge in [0.05, 0.1) is 7.11 Å². The first-order valence-electron chi connectivity index (χ1n) is 7.07. The zero-order valence-electron chi connectivity index (χ0n) is 14.2. The van der Waals surface area contributed by atoms with Gasteiger partial charge in [-0.3, -0.25) is 0 Å². The Labute approximate surface area is 155 Å². The van der Waals surface area contributed by atoms with Gasteiger partial charge in [0.1, 0.15) is 0 Å². The van der Waals surface area contributed by atoms with Crippen molar-refractivity contribution in [2.45, 2.75) is 39.5 Å². The van der Waals surface area contributed by atoms with Crippen LogP contribution >= 0.6 is 0 Å². The van der Waals surface area contributed by atoms with Crippen LogP contribution in [0.5, 0.6) is 5.75 Å². The van der Waals surface area contributed by atoms with Crippen LogP contribution in [-0.4, -0.2) is 7.11 Å². The number of hydrogen-bond acceptors (Lipinski definition) is 1. The van der Waals surface area contributed by atoms with E-state index in [1.165, 1.54) is 11.1 Å². The van der Waals surface area contributed by atoms with Gasteiger partial charge >= 0.3 is 26.2 Å². The SMILES string of the molecule is CC(C)c1[c-]c(C(C)C)ccc1.COc1[c-]cccc1.[NH2-].[Zr+3]. The summed E-state index contributed by atoms with van der Waals surface area (Å²) in [4.78, 5) is 0. The molecular weight excluding hydrogens is 349 g/mol. The van der Waals surface area contributed by atoms with Crippen molar-refractivity contribution in [3.05, 3.63) is 71.9 Å². The van der Waals surface area contributed by atoms with Crippen molar-refractivity contribution in [2.24, 2.45) is 0 Å². The van der Waals surface area contributed by atoms with E-state index in [0.29, 0.717) is 11.8 Å². The third kappa shape index (κ3) is 8.51. The second-order valence-electron chi connectivity index (χ2n) is 5.30. The molecular formula is C19H26NOZr. The predicted octanol–water partition coefficient (Wildman–Crippen LogP) is 5.94. The van der Waals surface area contributed by atoms with Gasteiger partial charge in [-0.25, -0.2) is 0 Å². The molecule has 0 aliphatic carbocycles. The van der Waals surface area contributed by atoms with E-state index in [2.05, 4.69) is 58.0 Å². The molecule has 2 nitrogen and oxygen atoms in total. The van der Waals surface area contributed by atoms with E-state index in [-0.39, 0.29) is 32.4 Å². The predicted molar refractivity (Wildman–Crippen MR) is 90.6 cm³/mol. The molecule has 0 amide bonds. The molecule has 0 spiro atoms. The standard InChI is InChI=1S/C12H17.C7H7O.H2N.Zr/c1-9(2)11-6-5-7-12(8-11)10(3)4;1-8-7-5-3-2-4-6-7;;/h5-7,9-10H,1-4H3;2-5H,1H3;1H2;/q3*-1;+3. The first-order chi connectivity index (χ1) is 9.54. The Balaban J connectivity index is 0. The fourth-order valence-electron chi connectivity index (χ4n) is 1.68. The molecule has 0 atom stereocenters. The van der Waals surface area contributed by atoms with Crippen LogP contribution in [0.25, 0.3) is 6.15 Å². The summed E-state index contributed by atoms with van der Waals surface area (Å²) < 4.78 is 4.86. The summed E-state index contributed by atoms with van der Waals surface area (Å²) in [5, 5.41) is 0. The van der Waals surface area contributed by atoms with Crippen molar-refractivity contribution >= 4 is 0 Å². The van der Waals surface area contributed by atoms with Crippen molar-refractivity contribution in [2.75, 3.05) is 7.11 Å². The van der Waals surface area contributed by atoms with Gasteiger partial charge in [0, 0.05) is 5.75 Å². The van der Waals surface area contributed by atoms with Crippen molar-refractivity contribution in [3.8, 4) is 5.75 Å². The second-order valence-corrected chi connectivity index (χ2v) is 5.30. The minimum Gasteiger partial charge on any atom is -0.693 e. The number of para-hydroxylation sites is 1. The molecule has 0 heterocycles. The van der Waals surface area contributed by atoms with Gasteiger partial charge in [-0.15, -0.1) is 12.1 Å². The molecule has 0 aliphatic rings. The fourth-order valence-corrected chi connectivity index (χ4v) is 1.68. The number of hydrogen-bond donors (Lipinski definition) is 0. The summed E-state index contributed by atoms with van der Waals surface area (Å²) in [5.74, 6) is 1.96. The van der Waals surface area contributed by atoms with Crippen LogP contribution in [0.1, 0.15) is 50.7 Å². The first-order valence-corrected chi connectivity index (χ1v) is 7.07. The van der Waals surface area contributed by atoms with E-state index in [1.54, 1.807) is 7.11 Å². The third-order valence-electron chi connectivity index (χ3n) is 2.98. The first kappa shape index (κ1) is 23.4. The quantitative estimate of drug-likeness (QED) is 0.612. The van der Waals surface area contributed by atoms with Crippen LogP contribution in [0.3, 0.4) is 0 Å². The van der Waals surface area contributed by atoms with E-state index >= 15 is 0 Å². The molecule has 3 heteroatoms. The summed E-state index contributed by atoms with van der Waals surface area (Å²) in [5.41, 5.74) is 2.64. The van der Waals surface area contributed by atoms with E-state index in [1.807, 2.05) is 24.3 Å². The van der Waals surface area contributed by atoms with Crippen molar-refractivity contribution in [1.82, 2.24) is 0 Å². The van der Waals surface area contributed by atoms with Gasteiger partial charge in [0.25, 0.3) is 0 Å². The molecule has 2 aromatic carbocycles. The summed E-state index contributed by atoms with van der Waals surface area (Å²) >= 11 is 0. The van der Waals surface area contributed by atoms with Crippen LogP contribution in [0.4, 0.5) is 0 Å². The van der Waals surface area contributed by atoms with E-state index in [9.17, 15) is 0 Å². The Bertz CT molecular complexity index is 475. The molecule has 2 N–H and O–H groups in total. The number of nitrogens with two attached hydrogens (primary N) is 1. The molecule has 0 unspecified atom stereocenters. The molecule has 0 bridgehead atoms. The van der Waals surface area contributed by atoms with Gasteiger partial charge in [-0.1, -0.05) is 27.7 Å². The average Bonchev–Trinajstić information content (AvgIpc) is 2.49. The maximum absolute atomic E-state index is 4.86. The van der Waals surface area contributed by atoms with Gasteiger partial charge in [-0.2, -0.15) is 53.6 Å². The smallest absolute Gasteiger partial charge is 0.693 e. The fraction of sp³-hybridized carbons (Fsp3) is 0.368.